The van der Waals surface area contributed by atoms with Gasteiger partial charge in [0.05, 0.1) is 19.7 Å². The van der Waals surface area contributed by atoms with Gasteiger partial charge in [0.1, 0.15) is 12.1 Å². The van der Waals surface area contributed by atoms with E-state index >= 15 is 0 Å². The van der Waals surface area contributed by atoms with Crippen molar-refractivity contribution in [2.45, 2.75) is 24.9 Å². The Kier molecular flexibility index (Phi) is 9.67. The minimum absolute atomic E-state index is 0.241. The Bertz CT molecular complexity index is 496. The van der Waals surface area contributed by atoms with Crippen molar-refractivity contribution in [1.82, 2.24) is 16.0 Å². The molecule has 0 heterocycles. The third-order valence-corrected chi connectivity index (χ3v) is 2.76. The summed E-state index contributed by atoms with van der Waals surface area (Å²) in [4.78, 5) is 56.0. The lowest BCUT2D eigenvalue weighted by atomic mass is 10.1. The van der Waals surface area contributed by atoms with Gasteiger partial charge in [-0.15, -0.1) is 0 Å². The van der Waals surface area contributed by atoms with E-state index in [1.807, 2.05) is 0 Å². The van der Waals surface area contributed by atoms with E-state index in [4.69, 9.17) is 21.7 Å². The number of carbonyl (C=O) groups is 5. The average molecular weight is 347 g/mol. The van der Waals surface area contributed by atoms with Gasteiger partial charge in [-0.05, 0) is 6.42 Å². The summed E-state index contributed by atoms with van der Waals surface area (Å²) in [6, 6.07) is -2.84. The Morgan fingerprint density at radius 3 is 2.08 bits per heavy atom. The van der Waals surface area contributed by atoms with Crippen LogP contribution in [0.4, 0.5) is 0 Å². The van der Waals surface area contributed by atoms with Gasteiger partial charge in [0.25, 0.3) is 0 Å². The van der Waals surface area contributed by atoms with Crippen LogP contribution >= 0.6 is 0 Å². The van der Waals surface area contributed by atoms with E-state index in [0.29, 0.717) is 0 Å². The van der Waals surface area contributed by atoms with Crippen LogP contribution in [0, 0.1) is 0 Å². The molecule has 9 N–H and O–H groups in total. The van der Waals surface area contributed by atoms with Crippen molar-refractivity contribution >= 4 is 29.6 Å². The standard InChI is InChI=1S/C12H21N5O7/c13-3-9(20)15-4-10(21)16-7(5-18)11(22)17-6(12(23)24)1-2-8(14)19/h6-7,18H,1-5,13H2,(H2,14,19)(H,15,20)(H,16,21)(H,17,22)(H,23,24). The molecule has 0 aromatic heterocycles. The van der Waals surface area contributed by atoms with Gasteiger partial charge < -0.3 is 37.6 Å². The Morgan fingerprint density at radius 1 is 1.00 bits per heavy atom. The molecule has 12 heteroatoms. The number of rotatable bonds is 11. The second-order valence-corrected chi connectivity index (χ2v) is 4.69. The highest BCUT2D eigenvalue weighted by atomic mass is 16.4. The van der Waals surface area contributed by atoms with Gasteiger partial charge in [0.15, 0.2) is 0 Å². The minimum atomic E-state index is -1.43. The van der Waals surface area contributed by atoms with Crippen molar-refractivity contribution in [1.29, 1.82) is 0 Å². The summed E-state index contributed by atoms with van der Waals surface area (Å²) in [5, 5.41) is 24.4. The molecular formula is C12H21N5O7. The molecule has 0 aliphatic rings. The van der Waals surface area contributed by atoms with Crippen LogP contribution in [0.3, 0.4) is 0 Å². The Morgan fingerprint density at radius 2 is 1.62 bits per heavy atom. The maximum Gasteiger partial charge on any atom is 0.326 e. The first kappa shape index (κ1) is 21.3. The van der Waals surface area contributed by atoms with Crippen molar-refractivity contribution in [2.75, 3.05) is 19.7 Å². The Labute approximate surface area is 136 Å². The van der Waals surface area contributed by atoms with Gasteiger partial charge in [-0.2, -0.15) is 0 Å². The first-order valence-electron chi connectivity index (χ1n) is 6.89. The fourth-order valence-corrected chi connectivity index (χ4v) is 1.51. The second kappa shape index (κ2) is 10.9. The van der Waals surface area contributed by atoms with Gasteiger partial charge in [-0.1, -0.05) is 0 Å². The van der Waals surface area contributed by atoms with Gasteiger partial charge in [0, 0.05) is 6.42 Å². The summed E-state index contributed by atoms with van der Waals surface area (Å²) in [6.45, 7) is -1.59. The number of primary amides is 1. The maximum absolute atomic E-state index is 11.9. The number of aliphatic hydroxyl groups excluding tert-OH is 1. The lowest BCUT2D eigenvalue weighted by Crippen LogP contribution is -2.54. The van der Waals surface area contributed by atoms with E-state index in [1.165, 1.54) is 0 Å². The summed E-state index contributed by atoms with van der Waals surface area (Å²) in [7, 11) is 0. The van der Waals surface area contributed by atoms with Crippen LogP contribution in [0.15, 0.2) is 0 Å². The van der Waals surface area contributed by atoms with Crippen LogP contribution in [0.5, 0.6) is 0 Å². The molecule has 4 amide bonds. The molecule has 0 aromatic rings. The topological polar surface area (TPSA) is 214 Å². The molecule has 2 atom stereocenters. The number of aliphatic carboxylic acids is 1. The van der Waals surface area contributed by atoms with Crippen LogP contribution in [0.1, 0.15) is 12.8 Å². The number of aliphatic hydroxyl groups is 1. The third-order valence-electron chi connectivity index (χ3n) is 2.76. The molecule has 0 fully saturated rings. The number of carboxylic acid groups (broad SMARTS) is 1. The van der Waals surface area contributed by atoms with Crippen molar-refractivity contribution in [3.63, 3.8) is 0 Å². The van der Waals surface area contributed by atoms with Crippen LogP contribution in [0.25, 0.3) is 0 Å². The van der Waals surface area contributed by atoms with Crippen molar-refractivity contribution in [3.05, 3.63) is 0 Å². The van der Waals surface area contributed by atoms with Crippen molar-refractivity contribution in [2.24, 2.45) is 11.5 Å². The highest BCUT2D eigenvalue weighted by molar-refractivity contribution is 5.92. The first-order valence-corrected chi connectivity index (χ1v) is 6.89. The van der Waals surface area contributed by atoms with Gasteiger partial charge in [0.2, 0.25) is 23.6 Å². The summed E-state index contributed by atoms with van der Waals surface area (Å²) in [5.74, 6) is -4.48. The zero-order valence-corrected chi connectivity index (χ0v) is 12.8. The molecule has 12 nitrogen and oxygen atoms in total. The van der Waals surface area contributed by atoms with E-state index in [2.05, 4.69) is 16.0 Å². The molecular weight excluding hydrogens is 326 g/mol. The minimum Gasteiger partial charge on any atom is -0.480 e. The number of carboxylic acids is 1. The molecule has 24 heavy (non-hydrogen) atoms. The number of nitrogens with two attached hydrogens (primary N) is 2. The quantitative estimate of drug-likeness (QED) is 0.192. The molecule has 0 bridgehead atoms. The fraction of sp³-hybridized carbons (Fsp3) is 0.583. The largest absolute Gasteiger partial charge is 0.480 e. The number of carbonyl (C=O) groups excluding carboxylic acids is 4. The van der Waals surface area contributed by atoms with E-state index < -0.39 is 54.8 Å². The van der Waals surface area contributed by atoms with E-state index in [1.54, 1.807) is 0 Å². The lowest BCUT2D eigenvalue weighted by molar-refractivity contribution is -0.142. The average Bonchev–Trinajstić information content (AvgIpc) is 2.53. The number of hydrogen-bond acceptors (Lipinski definition) is 7. The Hall–Kier alpha value is -2.73. The summed E-state index contributed by atoms with van der Waals surface area (Å²) in [5.41, 5.74) is 9.94. The number of nitrogens with one attached hydrogen (secondary N) is 3. The first-order chi connectivity index (χ1) is 11.2. The lowest BCUT2D eigenvalue weighted by Gasteiger charge is -2.19. The SMILES string of the molecule is NCC(=O)NCC(=O)NC(CO)C(=O)NC(CCC(N)=O)C(=O)O. The molecule has 0 aliphatic carbocycles. The van der Waals surface area contributed by atoms with E-state index in [0.717, 1.165) is 0 Å². The molecule has 0 rings (SSSR count). The van der Waals surface area contributed by atoms with Crippen molar-refractivity contribution < 1.29 is 34.2 Å². The fourth-order valence-electron chi connectivity index (χ4n) is 1.51. The smallest absolute Gasteiger partial charge is 0.326 e. The summed E-state index contributed by atoms with van der Waals surface area (Å²) >= 11 is 0. The highest BCUT2D eigenvalue weighted by Gasteiger charge is 2.26. The van der Waals surface area contributed by atoms with E-state index in [-0.39, 0.29) is 19.4 Å². The summed E-state index contributed by atoms with van der Waals surface area (Å²) < 4.78 is 0. The van der Waals surface area contributed by atoms with Gasteiger partial charge in [-0.25, -0.2) is 4.79 Å². The molecule has 136 valence electrons. The molecule has 0 aliphatic heterocycles. The zero-order chi connectivity index (χ0) is 18.7. The molecule has 2 unspecified atom stereocenters. The zero-order valence-electron chi connectivity index (χ0n) is 12.8. The monoisotopic (exact) mass is 347 g/mol. The van der Waals surface area contributed by atoms with Crippen LogP contribution in [-0.4, -0.2) is 71.6 Å². The molecule has 0 radical (unpaired) electrons. The van der Waals surface area contributed by atoms with E-state index in [9.17, 15) is 24.0 Å². The molecule has 0 aromatic carbocycles. The second-order valence-electron chi connectivity index (χ2n) is 4.69. The maximum atomic E-state index is 11.9. The molecule has 0 spiro atoms. The molecule has 0 saturated carbocycles. The van der Waals surface area contributed by atoms with Gasteiger partial charge in [-0.3, -0.25) is 19.2 Å². The molecule has 0 saturated heterocycles. The third kappa shape index (κ3) is 8.65. The number of hydrogen-bond donors (Lipinski definition) is 7. The van der Waals surface area contributed by atoms with Crippen LogP contribution in [-0.2, 0) is 24.0 Å². The summed E-state index contributed by atoms with van der Waals surface area (Å²) in [6.07, 6.45) is -0.506. The normalized spacial score (nSPS) is 12.6. The van der Waals surface area contributed by atoms with Crippen molar-refractivity contribution in [3.8, 4) is 0 Å². The Balaban J connectivity index is 4.59. The van der Waals surface area contributed by atoms with Crippen LogP contribution in [0.2, 0.25) is 0 Å². The highest BCUT2D eigenvalue weighted by Crippen LogP contribution is 1.98. The van der Waals surface area contributed by atoms with Gasteiger partial charge >= 0.3 is 5.97 Å². The predicted octanol–water partition coefficient (Wildman–Crippen LogP) is -4.63. The number of amides is 4. The van der Waals surface area contributed by atoms with Crippen LogP contribution < -0.4 is 27.4 Å². The predicted molar refractivity (Wildman–Crippen MR) is 79.1 cm³/mol.